The van der Waals surface area contributed by atoms with Crippen molar-refractivity contribution in [1.29, 1.82) is 0 Å². The molecular weight excluding hydrogens is 250 g/mol. The van der Waals surface area contributed by atoms with Crippen LogP contribution in [0.5, 0.6) is 0 Å². The van der Waals surface area contributed by atoms with Crippen LogP contribution in [0.25, 0.3) is 0 Å². The first-order valence-electron chi connectivity index (χ1n) is 6.31. The number of hydrogen-bond acceptors (Lipinski definition) is 5. The van der Waals surface area contributed by atoms with E-state index in [2.05, 4.69) is 10.3 Å². The van der Waals surface area contributed by atoms with Gasteiger partial charge in [0.2, 0.25) is 0 Å². The molecule has 2 saturated heterocycles. The van der Waals surface area contributed by atoms with Crippen LogP contribution in [0.2, 0.25) is 0 Å². The molecule has 98 valence electrons. The molecule has 2 fully saturated rings. The summed E-state index contributed by atoms with van der Waals surface area (Å²) in [5.41, 5.74) is 2.13. The van der Waals surface area contributed by atoms with E-state index in [9.17, 15) is 4.79 Å². The molecule has 18 heavy (non-hydrogen) atoms. The van der Waals surface area contributed by atoms with Crippen molar-refractivity contribution < 1.29 is 9.53 Å². The molecular formula is C12H17N3O2S. The van der Waals surface area contributed by atoms with Crippen LogP contribution < -0.4 is 5.32 Å². The van der Waals surface area contributed by atoms with Crippen molar-refractivity contribution in [2.45, 2.75) is 18.4 Å². The minimum Gasteiger partial charge on any atom is -0.371 e. The predicted molar refractivity (Wildman–Crippen MR) is 68.8 cm³/mol. The third-order valence-corrected chi connectivity index (χ3v) is 4.29. The fourth-order valence-electron chi connectivity index (χ4n) is 2.68. The monoisotopic (exact) mass is 267 g/mol. The summed E-state index contributed by atoms with van der Waals surface area (Å²) < 4.78 is 5.95. The molecule has 0 bridgehead atoms. The Hall–Kier alpha value is -0.980. The van der Waals surface area contributed by atoms with Crippen molar-refractivity contribution in [3.63, 3.8) is 0 Å². The lowest BCUT2D eigenvalue weighted by molar-refractivity contribution is -0.114. The summed E-state index contributed by atoms with van der Waals surface area (Å²) in [6.07, 6.45) is 1.96. The van der Waals surface area contributed by atoms with Gasteiger partial charge in [0.25, 0.3) is 5.91 Å². The number of nitrogens with one attached hydrogen (secondary N) is 1. The van der Waals surface area contributed by atoms with Gasteiger partial charge in [-0.3, -0.25) is 4.79 Å². The Kier molecular flexibility index (Phi) is 3.32. The van der Waals surface area contributed by atoms with Gasteiger partial charge in [0, 0.05) is 11.9 Å². The minimum absolute atomic E-state index is 0.0393. The Morgan fingerprint density at radius 1 is 1.50 bits per heavy atom. The van der Waals surface area contributed by atoms with E-state index in [0.717, 1.165) is 25.9 Å². The molecule has 5 nitrogen and oxygen atoms in total. The van der Waals surface area contributed by atoms with Gasteiger partial charge in [-0.05, 0) is 25.9 Å². The van der Waals surface area contributed by atoms with Gasteiger partial charge in [-0.2, -0.15) is 0 Å². The molecule has 6 heteroatoms. The SMILES string of the molecule is O=C(c1cscn1)N1CCOC2(CCNCC2)C1. The number of amides is 1. The number of morpholine rings is 1. The molecule has 0 atom stereocenters. The summed E-state index contributed by atoms with van der Waals surface area (Å²) in [7, 11) is 0. The fraction of sp³-hybridized carbons (Fsp3) is 0.667. The van der Waals surface area contributed by atoms with E-state index in [1.807, 2.05) is 10.3 Å². The molecule has 2 aliphatic rings. The van der Waals surface area contributed by atoms with Gasteiger partial charge in [-0.1, -0.05) is 0 Å². The van der Waals surface area contributed by atoms with Gasteiger partial charge in [0.1, 0.15) is 5.69 Å². The summed E-state index contributed by atoms with van der Waals surface area (Å²) in [4.78, 5) is 18.3. The first-order chi connectivity index (χ1) is 8.79. The van der Waals surface area contributed by atoms with E-state index < -0.39 is 0 Å². The van der Waals surface area contributed by atoms with Gasteiger partial charge in [0.05, 0.1) is 24.3 Å². The minimum atomic E-state index is -0.130. The van der Waals surface area contributed by atoms with E-state index in [1.165, 1.54) is 11.3 Å². The second kappa shape index (κ2) is 4.95. The number of piperidine rings is 1. The average Bonchev–Trinajstić information content (AvgIpc) is 2.93. The number of nitrogens with zero attached hydrogens (tertiary/aromatic N) is 2. The first-order valence-corrected chi connectivity index (χ1v) is 7.26. The van der Waals surface area contributed by atoms with Crippen LogP contribution in [0.4, 0.5) is 0 Å². The van der Waals surface area contributed by atoms with Crippen molar-refractivity contribution in [2.24, 2.45) is 0 Å². The maximum absolute atomic E-state index is 12.3. The molecule has 1 spiro atoms. The number of rotatable bonds is 1. The first kappa shape index (κ1) is 12.1. The number of ether oxygens (including phenoxy) is 1. The number of carbonyl (C=O) groups is 1. The Morgan fingerprint density at radius 3 is 3.06 bits per heavy atom. The molecule has 2 aliphatic heterocycles. The van der Waals surface area contributed by atoms with Crippen molar-refractivity contribution in [3.05, 3.63) is 16.6 Å². The van der Waals surface area contributed by atoms with Crippen LogP contribution in [-0.4, -0.2) is 54.2 Å². The normalized spacial score (nSPS) is 23.2. The van der Waals surface area contributed by atoms with Crippen molar-refractivity contribution >= 4 is 17.2 Å². The Bertz CT molecular complexity index is 409. The third kappa shape index (κ3) is 2.28. The van der Waals surface area contributed by atoms with Crippen molar-refractivity contribution in [1.82, 2.24) is 15.2 Å². The summed E-state index contributed by atoms with van der Waals surface area (Å²) in [6, 6.07) is 0. The zero-order chi connectivity index (χ0) is 12.4. The van der Waals surface area contributed by atoms with E-state index in [-0.39, 0.29) is 11.5 Å². The summed E-state index contributed by atoms with van der Waals surface area (Å²) in [6.45, 7) is 3.95. The van der Waals surface area contributed by atoms with Crippen molar-refractivity contribution in [3.8, 4) is 0 Å². The molecule has 1 aromatic rings. The van der Waals surface area contributed by atoms with Crippen LogP contribution in [-0.2, 0) is 4.74 Å². The lowest BCUT2D eigenvalue weighted by Crippen LogP contribution is -2.57. The second-order valence-corrected chi connectivity index (χ2v) is 5.60. The Labute approximate surface area is 110 Å². The van der Waals surface area contributed by atoms with Gasteiger partial charge in [-0.25, -0.2) is 4.98 Å². The predicted octanol–water partition coefficient (Wildman–Crippen LogP) is 0.738. The molecule has 0 aromatic carbocycles. The highest BCUT2D eigenvalue weighted by molar-refractivity contribution is 7.07. The summed E-state index contributed by atoms with van der Waals surface area (Å²) in [5.74, 6) is 0.0393. The highest BCUT2D eigenvalue weighted by Gasteiger charge is 2.39. The van der Waals surface area contributed by atoms with Gasteiger partial charge >= 0.3 is 0 Å². The van der Waals surface area contributed by atoms with Gasteiger partial charge < -0.3 is 15.0 Å². The number of carbonyl (C=O) groups excluding carboxylic acids is 1. The van der Waals surface area contributed by atoms with Crippen LogP contribution in [0.15, 0.2) is 10.9 Å². The zero-order valence-electron chi connectivity index (χ0n) is 10.2. The Morgan fingerprint density at radius 2 is 2.33 bits per heavy atom. The maximum atomic E-state index is 12.3. The molecule has 1 aromatic heterocycles. The van der Waals surface area contributed by atoms with E-state index in [4.69, 9.17) is 4.74 Å². The zero-order valence-corrected chi connectivity index (χ0v) is 11.0. The number of thiazole rings is 1. The largest absolute Gasteiger partial charge is 0.371 e. The molecule has 3 rings (SSSR count). The molecule has 0 saturated carbocycles. The third-order valence-electron chi connectivity index (χ3n) is 3.70. The van der Waals surface area contributed by atoms with E-state index >= 15 is 0 Å². The molecule has 0 radical (unpaired) electrons. The maximum Gasteiger partial charge on any atom is 0.273 e. The Balaban J connectivity index is 1.72. The molecule has 0 aliphatic carbocycles. The standard InChI is InChI=1S/C12H17N3O2S/c16-11(10-7-18-9-14-10)15-5-6-17-12(8-15)1-3-13-4-2-12/h7,9,13H,1-6,8H2. The highest BCUT2D eigenvalue weighted by Crippen LogP contribution is 2.28. The average molecular weight is 267 g/mol. The summed E-state index contributed by atoms with van der Waals surface area (Å²) >= 11 is 1.46. The molecule has 1 amide bonds. The number of aromatic nitrogens is 1. The summed E-state index contributed by atoms with van der Waals surface area (Å²) in [5, 5.41) is 5.15. The van der Waals surface area contributed by atoms with E-state index in [1.54, 1.807) is 5.51 Å². The van der Waals surface area contributed by atoms with Crippen LogP contribution in [0, 0.1) is 0 Å². The fourth-order valence-corrected chi connectivity index (χ4v) is 3.21. The quantitative estimate of drug-likeness (QED) is 0.815. The van der Waals surface area contributed by atoms with Gasteiger partial charge in [-0.15, -0.1) is 11.3 Å². The van der Waals surface area contributed by atoms with Crippen molar-refractivity contribution in [2.75, 3.05) is 32.8 Å². The van der Waals surface area contributed by atoms with Gasteiger partial charge in [0.15, 0.2) is 0 Å². The van der Waals surface area contributed by atoms with Crippen LogP contribution in [0.3, 0.4) is 0 Å². The highest BCUT2D eigenvalue weighted by atomic mass is 32.1. The van der Waals surface area contributed by atoms with Crippen LogP contribution >= 0.6 is 11.3 Å². The lowest BCUT2D eigenvalue weighted by Gasteiger charge is -2.44. The lowest BCUT2D eigenvalue weighted by atomic mass is 9.90. The molecule has 0 unspecified atom stereocenters. The second-order valence-electron chi connectivity index (χ2n) is 4.88. The van der Waals surface area contributed by atoms with E-state index in [0.29, 0.717) is 25.4 Å². The molecule has 1 N–H and O–H groups in total. The topological polar surface area (TPSA) is 54.5 Å². The molecule has 3 heterocycles. The van der Waals surface area contributed by atoms with Crippen LogP contribution in [0.1, 0.15) is 23.3 Å². The smallest absolute Gasteiger partial charge is 0.273 e. The number of hydrogen-bond donors (Lipinski definition) is 1.